The van der Waals surface area contributed by atoms with Crippen LogP contribution in [0.15, 0.2) is 94.9 Å². The van der Waals surface area contributed by atoms with Crippen molar-refractivity contribution < 1.29 is 23.9 Å². The van der Waals surface area contributed by atoms with Crippen LogP contribution < -0.4 is 10.6 Å². The first-order valence-electron chi connectivity index (χ1n) is 36.9. The summed E-state index contributed by atoms with van der Waals surface area (Å²) in [5, 5.41) is 27.5. The van der Waals surface area contributed by atoms with Gasteiger partial charge in [0.05, 0.1) is 22.1 Å². The van der Waals surface area contributed by atoms with Crippen molar-refractivity contribution >= 4 is 92.7 Å². The fourth-order valence-corrected chi connectivity index (χ4v) is 21.7. The third-order valence-electron chi connectivity index (χ3n) is 22.4. The molecule has 3 amide bonds. The van der Waals surface area contributed by atoms with Crippen LogP contribution in [0.1, 0.15) is 209 Å². The molecule has 1 saturated heterocycles. The zero-order valence-electron chi connectivity index (χ0n) is 62.4. The molecule has 0 spiro atoms. The van der Waals surface area contributed by atoms with Crippen molar-refractivity contribution in [3.05, 3.63) is 116 Å². The Bertz CT molecular complexity index is 3620. The minimum atomic E-state index is -0.599. The van der Waals surface area contributed by atoms with Crippen molar-refractivity contribution in [1.29, 1.82) is 10.5 Å². The van der Waals surface area contributed by atoms with Crippen molar-refractivity contribution in [1.82, 2.24) is 15.5 Å². The summed E-state index contributed by atoms with van der Waals surface area (Å²) in [5.74, 6) is 1.34. The number of hydrogen-bond donors (Lipinski definition) is 2. The van der Waals surface area contributed by atoms with E-state index in [1.165, 1.54) is 5.56 Å². The van der Waals surface area contributed by atoms with E-state index in [0.29, 0.717) is 59.7 Å². The van der Waals surface area contributed by atoms with Crippen LogP contribution in [0, 0.1) is 88.8 Å². The number of carbonyl (C=O) groups excluding carboxylic acids is 4. The van der Waals surface area contributed by atoms with Gasteiger partial charge in [0.15, 0.2) is 0 Å². The number of rotatable bonds is 39. The number of unbranched alkanes of at least 4 members (excludes halogenated alkanes) is 2. The summed E-state index contributed by atoms with van der Waals surface area (Å²) in [5.41, 5.74) is 9.05. The van der Waals surface area contributed by atoms with E-state index in [-0.39, 0.29) is 80.0 Å². The standard InChI is InChI=1S/C83H115N5O5S5/c1-20-29-31-57(24-5)47-87-78(90)72-54(14)76(89)64(41-50(10)22-3)74(72)69-39-37-67(96-69)59-33-35-62(52(12)42-59)63-36-34-60(68-38-40-70(97-68)75-73(79(91)86-46-51(11)23-4)55(15)80(92)88(75)48-58(25-6)32-30-21-2)43-65(63)83(27-8,56(16)53(13)77-81(93-19)98-77)71(82(17,18)95-28-9)49-94-66(26-7)61(44-84)45-85/h26,33-40,42-43,50-51,53-58,64,71,77,81H,7,20-25,27-32,41,46-49H2,1-6,8-19H3,(H,86,91)(H,87,90)/t50?,51?,53-,54?,55?,56-,57?,58?,64?,71-,77-,81?,83+/m0/s1. The van der Waals surface area contributed by atoms with E-state index in [9.17, 15) is 29.7 Å². The number of nitrogens with one attached hydrogen (secondary N) is 2. The second-order valence-corrected chi connectivity index (χ2v) is 35.3. The number of hydrogen-bond acceptors (Lipinski definition) is 12. The molecule has 13 atom stereocenters. The van der Waals surface area contributed by atoms with Crippen LogP contribution in [0.3, 0.4) is 0 Å². The average Bonchev–Trinajstić information content (AvgIpc) is 0.803. The molecule has 98 heavy (non-hydrogen) atoms. The van der Waals surface area contributed by atoms with Gasteiger partial charge >= 0.3 is 0 Å². The van der Waals surface area contributed by atoms with Crippen LogP contribution in [0.2, 0.25) is 0 Å². The first-order chi connectivity index (χ1) is 46.9. The molecule has 1 fully saturated rings. The molecule has 0 saturated carbocycles. The molecule has 2 aromatic carbocycles. The fourth-order valence-electron chi connectivity index (χ4n) is 15.6. The molecule has 0 bridgehead atoms. The van der Waals surface area contributed by atoms with E-state index in [0.717, 1.165) is 135 Å². The fraction of sp³-hybridized carbons (Fsp3) is 0.590. The maximum Gasteiger partial charge on any atom is 0.250 e. The van der Waals surface area contributed by atoms with Gasteiger partial charge in [0, 0.05) is 84.9 Å². The number of allylic oxidation sites excluding steroid dienone is 3. The van der Waals surface area contributed by atoms with E-state index in [4.69, 9.17) is 4.74 Å². The number of carbonyl (C=O) groups is 4. The van der Waals surface area contributed by atoms with Crippen LogP contribution in [-0.4, -0.2) is 82.1 Å². The van der Waals surface area contributed by atoms with Crippen molar-refractivity contribution in [3.63, 3.8) is 0 Å². The van der Waals surface area contributed by atoms with Crippen LogP contribution in [0.25, 0.3) is 43.3 Å². The Morgan fingerprint density at radius 2 is 1.33 bits per heavy atom. The van der Waals surface area contributed by atoms with Crippen molar-refractivity contribution in [2.24, 2.45) is 59.2 Å². The van der Waals surface area contributed by atoms with Crippen LogP contribution in [0.5, 0.6) is 0 Å². The van der Waals surface area contributed by atoms with Gasteiger partial charge in [0.25, 0.3) is 0 Å². The highest BCUT2D eigenvalue weighted by Crippen LogP contribution is 2.61. The zero-order valence-corrected chi connectivity index (χ0v) is 66.5. The number of nitrogens with zero attached hydrogens (tertiary/aromatic N) is 3. The molecule has 1 aliphatic carbocycles. The Morgan fingerprint density at radius 3 is 1.89 bits per heavy atom. The number of thioether (sulfide) groups is 3. The number of Topliss-reactive ketones (excluding diaryl/α,β-unsaturated/α-hetero) is 1. The van der Waals surface area contributed by atoms with Gasteiger partial charge < -0.3 is 20.3 Å². The highest BCUT2D eigenvalue weighted by atomic mass is 32.2. The summed E-state index contributed by atoms with van der Waals surface area (Å²) in [6.45, 7) is 43.6. The highest BCUT2D eigenvalue weighted by Gasteiger charge is 2.56. The average molecular weight is 1420 g/mol. The molecule has 2 aromatic heterocycles. The number of methoxy groups -OCH3 is 1. The maximum absolute atomic E-state index is 14.7. The molecule has 10 nitrogen and oxygen atoms in total. The molecular formula is C83H115N5O5S5. The van der Waals surface area contributed by atoms with Crippen LogP contribution in [-0.2, 0) is 29.3 Å². The molecule has 4 heterocycles. The third-order valence-corrected chi connectivity index (χ3v) is 28.7. The first-order valence-corrected chi connectivity index (χ1v) is 41.4. The van der Waals surface area contributed by atoms with Crippen molar-refractivity contribution in [2.75, 3.05) is 38.2 Å². The Morgan fingerprint density at radius 1 is 0.745 bits per heavy atom. The minimum Gasteiger partial charge on any atom is -0.370 e. The lowest BCUT2D eigenvalue weighted by atomic mass is 9.54. The van der Waals surface area contributed by atoms with Gasteiger partial charge in [-0.1, -0.05) is 198 Å². The Kier molecular flexibility index (Phi) is 30.0. The van der Waals surface area contributed by atoms with Crippen molar-refractivity contribution in [3.8, 4) is 44.1 Å². The van der Waals surface area contributed by atoms with E-state index in [1.54, 1.807) is 40.5 Å². The van der Waals surface area contributed by atoms with Gasteiger partial charge in [-0.05, 0) is 156 Å². The predicted molar refractivity (Wildman–Crippen MR) is 421 cm³/mol. The number of benzene rings is 2. The largest absolute Gasteiger partial charge is 0.370 e. The molecule has 3 aliphatic rings. The molecule has 15 heteroatoms. The Hall–Kier alpha value is -5.13. The van der Waals surface area contributed by atoms with E-state index < -0.39 is 17.3 Å². The summed E-state index contributed by atoms with van der Waals surface area (Å²) < 4.78 is 5.76. The first kappa shape index (κ1) is 80.2. The van der Waals surface area contributed by atoms with E-state index in [1.807, 2.05) is 49.4 Å². The van der Waals surface area contributed by atoms with Gasteiger partial charge in [-0.2, -0.15) is 22.3 Å². The summed E-state index contributed by atoms with van der Waals surface area (Å²) in [4.78, 5) is 64.9. The number of nitriles is 2. The predicted octanol–water partition coefficient (Wildman–Crippen LogP) is 21.4. The normalized spacial score (nSPS) is 20.7. The zero-order chi connectivity index (χ0) is 71.9. The quantitative estimate of drug-likeness (QED) is 0.0251. The second-order valence-electron chi connectivity index (χ2n) is 28.9. The van der Waals surface area contributed by atoms with Crippen LogP contribution >= 0.6 is 58.0 Å². The molecular weight excluding hydrogens is 1310 g/mol. The number of ether oxygens (including phenoxy) is 1. The minimum absolute atomic E-state index is 0.0239. The van der Waals surface area contributed by atoms with Gasteiger partial charge in [-0.3, -0.25) is 19.2 Å². The lowest BCUT2D eigenvalue weighted by Gasteiger charge is -2.54. The number of thiophene rings is 2. The summed E-state index contributed by atoms with van der Waals surface area (Å²) in [6, 6.07) is 26.9. The lowest BCUT2D eigenvalue weighted by molar-refractivity contribution is -0.130. The van der Waals surface area contributed by atoms with Gasteiger partial charge in [0.2, 0.25) is 17.7 Å². The summed E-state index contributed by atoms with van der Waals surface area (Å²) >= 11 is 8.72. The van der Waals surface area contributed by atoms with Gasteiger partial charge in [-0.15, -0.1) is 46.2 Å². The second kappa shape index (κ2) is 36.7. The third kappa shape index (κ3) is 17.8. The monoisotopic (exact) mass is 1420 g/mol. The van der Waals surface area contributed by atoms with Crippen LogP contribution in [0.4, 0.5) is 0 Å². The molecule has 4 aromatic rings. The van der Waals surface area contributed by atoms with Gasteiger partial charge in [-0.25, -0.2) is 0 Å². The van der Waals surface area contributed by atoms with Gasteiger partial charge in [0.1, 0.15) is 28.9 Å². The Labute approximate surface area is 611 Å². The van der Waals surface area contributed by atoms with E-state index in [2.05, 4.69) is 194 Å². The Balaban J connectivity index is 1.48. The number of aryl methyl sites for hydroxylation is 1. The topological polar surface area (TPSA) is 152 Å². The highest BCUT2D eigenvalue weighted by molar-refractivity contribution is 8.07. The summed E-state index contributed by atoms with van der Waals surface area (Å²) in [6.07, 6.45) is 13.4. The molecule has 2 aliphatic heterocycles. The smallest absolute Gasteiger partial charge is 0.250 e. The molecule has 0 radical (unpaired) electrons. The SMILES string of the molecule is C=CC(SC[C@@H](C(C)(C)SCC)[C@@](CC)(c1cc(-c2ccc(C3=C(C(=O)NCC(C)CC)C(C)C(=O)N3CC(CC)CCCC)s2)ccc1-c1ccc(-c2ccc(C3=C(C(=O)NCC(CC)CCCC)C(C)C(=O)C3CC(C)CC)s2)cc1C)[C@@H](C)[C@H](C)[C@@H]1SC1OC)=C(C#N)C#N. The number of ketones is 1. The number of amides is 3. The molecule has 532 valence electrons. The lowest BCUT2D eigenvalue weighted by Crippen LogP contribution is -2.53. The van der Waals surface area contributed by atoms with E-state index >= 15 is 0 Å². The maximum atomic E-state index is 14.7. The molecule has 2 N–H and O–H groups in total. The van der Waals surface area contributed by atoms with Crippen molar-refractivity contribution in [2.45, 2.75) is 216 Å². The molecule has 8 unspecified atom stereocenters. The summed E-state index contributed by atoms with van der Waals surface area (Å²) in [7, 11) is 1.81. The molecule has 7 rings (SSSR count).